The first-order chi connectivity index (χ1) is 11.5. The molecule has 0 bridgehead atoms. The molecule has 0 aromatic carbocycles. The lowest BCUT2D eigenvalue weighted by atomic mass is 9.80. The average molecular weight is 344 g/mol. The van der Waals surface area contributed by atoms with E-state index >= 15 is 0 Å². The molecule has 0 spiro atoms. The average Bonchev–Trinajstić information content (AvgIpc) is 2.62. The maximum Gasteiger partial charge on any atom is 0.325 e. The van der Waals surface area contributed by atoms with Gasteiger partial charge in [-0.2, -0.15) is 0 Å². The number of rotatable bonds is 5. The Morgan fingerprint density at radius 1 is 1.00 bits per heavy atom. The summed E-state index contributed by atoms with van der Waals surface area (Å²) < 4.78 is 4.48. The van der Waals surface area contributed by atoms with E-state index in [1.807, 2.05) is 13.8 Å². The molecule has 1 fully saturated rings. The third kappa shape index (κ3) is 9.53. The van der Waals surface area contributed by atoms with Crippen molar-refractivity contribution in [1.82, 2.24) is 10.6 Å². The Hall–Kier alpha value is -1.59. The number of carbonyl (C=O) groups is 3. The Labute approximate surface area is 147 Å². The van der Waals surface area contributed by atoms with Crippen LogP contribution < -0.4 is 10.6 Å². The Kier molecular flexibility index (Phi) is 15.4. The number of carbonyl (C=O) groups excluding carboxylic acids is 3. The van der Waals surface area contributed by atoms with Gasteiger partial charge in [0.2, 0.25) is 11.8 Å². The molecule has 1 saturated carbocycles. The molecule has 24 heavy (non-hydrogen) atoms. The van der Waals surface area contributed by atoms with Gasteiger partial charge in [0, 0.05) is 6.42 Å². The second-order valence-corrected chi connectivity index (χ2v) is 5.51. The van der Waals surface area contributed by atoms with Crippen LogP contribution in [0.3, 0.4) is 0 Å². The number of ether oxygens (including phenoxy) is 1. The minimum absolute atomic E-state index is 0.143. The molecule has 0 atom stereocenters. The van der Waals surface area contributed by atoms with Crippen LogP contribution in [0, 0.1) is 0 Å². The molecule has 0 radical (unpaired) electrons. The predicted octanol–water partition coefficient (Wildman–Crippen LogP) is 2.95. The third-order valence-corrected chi connectivity index (χ3v) is 3.46. The Balaban J connectivity index is 0. The molecule has 142 valence electrons. The van der Waals surface area contributed by atoms with Crippen molar-refractivity contribution in [1.29, 1.82) is 0 Å². The summed E-state index contributed by atoms with van der Waals surface area (Å²) in [5.41, 5.74) is -0.862. The molecule has 1 aliphatic rings. The maximum absolute atomic E-state index is 12.3. The van der Waals surface area contributed by atoms with Gasteiger partial charge in [-0.15, -0.1) is 0 Å². The molecule has 0 unspecified atom stereocenters. The summed E-state index contributed by atoms with van der Waals surface area (Å²) in [6.07, 6.45) is 5.68. The fourth-order valence-electron chi connectivity index (χ4n) is 2.31. The van der Waals surface area contributed by atoms with Gasteiger partial charge in [0.15, 0.2) is 0 Å². The first kappa shape index (κ1) is 24.7. The largest absolute Gasteiger partial charge is 0.468 e. The van der Waals surface area contributed by atoms with Gasteiger partial charge in [-0.25, -0.2) is 0 Å². The van der Waals surface area contributed by atoms with Gasteiger partial charge in [0.25, 0.3) is 0 Å². The number of hydrogen-bond acceptors (Lipinski definition) is 4. The van der Waals surface area contributed by atoms with Crippen LogP contribution in [0.25, 0.3) is 0 Å². The van der Waals surface area contributed by atoms with Crippen molar-refractivity contribution >= 4 is 17.8 Å². The molecule has 6 nitrogen and oxygen atoms in total. The van der Waals surface area contributed by atoms with E-state index in [4.69, 9.17) is 0 Å². The molecule has 0 heterocycles. The first-order valence-corrected chi connectivity index (χ1v) is 9.11. The fourth-order valence-corrected chi connectivity index (χ4v) is 2.31. The Bertz CT molecular complexity index is 364. The van der Waals surface area contributed by atoms with Crippen LogP contribution >= 0.6 is 0 Å². The minimum Gasteiger partial charge on any atom is -0.468 e. The highest BCUT2D eigenvalue weighted by molar-refractivity contribution is 5.93. The van der Waals surface area contributed by atoms with Gasteiger partial charge < -0.3 is 15.4 Å². The second kappa shape index (κ2) is 15.0. The van der Waals surface area contributed by atoms with Gasteiger partial charge in [-0.3, -0.25) is 14.4 Å². The van der Waals surface area contributed by atoms with Crippen molar-refractivity contribution in [2.24, 2.45) is 0 Å². The van der Waals surface area contributed by atoms with Crippen LogP contribution in [-0.2, 0) is 19.1 Å². The van der Waals surface area contributed by atoms with Crippen LogP contribution in [0.15, 0.2) is 0 Å². The molecule has 0 aromatic heterocycles. The number of hydrogen-bond donors (Lipinski definition) is 2. The predicted molar refractivity (Wildman–Crippen MR) is 96.6 cm³/mol. The molecule has 0 aromatic rings. The van der Waals surface area contributed by atoms with E-state index in [1.165, 1.54) is 13.5 Å². The number of nitrogens with one attached hydrogen (secondary N) is 2. The van der Waals surface area contributed by atoms with Gasteiger partial charge in [0.05, 0.1) is 7.11 Å². The molecular weight excluding hydrogens is 308 g/mol. The second-order valence-electron chi connectivity index (χ2n) is 5.51. The Morgan fingerprint density at radius 2 is 1.50 bits per heavy atom. The summed E-state index contributed by atoms with van der Waals surface area (Å²) in [7, 11) is 1.27. The van der Waals surface area contributed by atoms with Gasteiger partial charge in [0.1, 0.15) is 12.1 Å². The minimum atomic E-state index is -0.862. The lowest BCUT2D eigenvalue weighted by Crippen LogP contribution is -2.60. The molecule has 2 N–H and O–H groups in total. The third-order valence-electron chi connectivity index (χ3n) is 3.46. The molecular formula is C18H36N2O4. The fraction of sp³-hybridized carbons (Fsp3) is 0.833. The van der Waals surface area contributed by atoms with Crippen LogP contribution in [0.4, 0.5) is 0 Å². The zero-order chi connectivity index (χ0) is 19.0. The van der Waals surface area contributed by atoms with E-state index in [-0.39, 0.29) is 18.4 Å². The number of amides is 2. The summed E-state index contributed by atoms with van der Waals surface area (Å²) >= 11 is 0. The quantitative estimate of drug-likeness (QED) is 0.751. The summed E-state index contributed by atoms with van der Waals surface area (Å²) in [6, 6.07) is 0. The van der Waals surface area contributed by atoms with E-state index in [2.05, 4.69) is 29.2 Å². The standard InChI is InChI=1S/C13H22N2O4.C3H8.C2H6/c1-3-10(16)15-13(7-5-4-6-8-13)12(18)14-9-11(17)19-2;1-3-2;1-2/h3-9H2,1-2H3,(H,14,18)(H,15,16);3H2,1-2H3;1-2H3. The van der Waals surface area contributed by atoms with Gasteiger partial charge >= 0.3 is 5.97 Å². The van der Waals surface area contributed by atoms with Gasteiger partial charge in [-0.05, 0) is 12.8 Å². The zero-order valence-corrected chi connectivity index (χ0v) is 16.3. The van der Waals surface area contributed by atoms with Crippen LogP contribution in [0.5, 0.6) is 0 Å². The molecule has 1 rings (SSSR count). The molecule has 0 saturated heterocycles. The van der Waals surface area contributed by atoms with E-state index in [0.717, 1.165) is 19.3 Å². The highest BCUT2D eigenvalue weighted by Gasteiger charge is 2.40. The Morgan fingerprint density at radius 3 is 1.92 bits per heavy atom. The van der Waals surface area contributed by atoms with E-state index in [0.29, 0.717) is 19.3 Å². The van der Waals surface area contributed by atoms with Gasteiger partial charge in [-0.1, -0.05) is 60.3 Å². The van der Waals surface area contributed by atoms with Crippen molar-refractivity contribution in [3.8, 4) is 0 Å². The highest BCUT2D eigenvalue weighted by atomic mass is 16.5. The molecule has 0 aliphatic heterocycles. The summed E-state index contributed by atoms with van der Waals surface area (Å²) in [6.45, 7) is 9.83. The maximum atomic E-state index is 12.3. The molecule has 2 amide bonds. The van der Waals surface area contributed by atoms with Crippen molar-refractivity contribution < 1.29 is 19.1 Å². The normalized spacial score (nSPS) is 14.8. The monoisotopic (exact) mass is 344 g/mol. The lowest BCUT2D eigenvalue weighted by Gasteiger charge is -2.36. The topological polar surface area (TPSA) is 84.5 Å². The van der Waals surface area contributed by atoms with Crippen molar-refractivity contribution in [3.63, 3.8) is 0 Å². The SMILES string of the molecule is CC.CCC.CCC(=O)NC1(C(=O)NCC(=O)OC)CCCCC1. The number of esters is 1. The summed E-state index contributed by atoms with van der Waals surface area (Å²) in [4.78, 5) is 34.9. The van der Waals surface area contributed by atoms with E-state index in [1.54, 1.807) is 6.92 Å². The zero-order valence-electron chi connectivity index (χ0n) is 16.3. The first-order valence-electron chi connectivity index (χ1n) is 9.11. The summed E-state index contributed by atoms with van der Waals surface area (Å²) in [5.74, 6) is -0.935. The smallest absolute Gasteiger partial charge is 0.325 e. The van der Waals surface area contributed by atoms with Crippen LogP contribution in [0.1, 0.15) is 79.6 Å². The molecule has 1 aliphatic carbocycles. The van der Waals surface area contributed by atoms with Crippen molar-refractivity contribution in [3.05, 3.63) is 0 Å². The van der Waals surface area contributed by atoms with Crippen LogP contribution in [-0.4, -0.2) is 37.0 Å². The van der Waals surface area contributed by atoms with Crippen LogP contribution in [0.2, 0.25) is 0 Å². The molecule has 6 heteroatoms. The lowest BCUT2D eigenvalue weighted by molar-refractivity contribution is -0.142. The highest BCUT2D eigenvalue weighted by Crippen LogP contribution is 2.28. The van der Waals surface area contributed by atoms with Crippen molar-refractivity contribution in [2.45, 2.75) is 85.1 Å². The number of methoxy groups -OCH3 is 1. The van der Waals surface area contributed by atoms with E-state index < -0.39 is 11.5 Å². The van der Waals surface area contributed by atoms with Crippen molar-refractivity contribution in [2.75, 3.05) is 13.7 Å². The van der Waals surface area contributed by atoms with E-state index in [9.17, 15) is 14.4 Å². The summed E-state index contributed by atoms with van der Waals surface area (Å²) in [5, 5.41) is 5.37.